The maximum Gasteiger partial charge on any atom is 0.306 e. The summed E-state index contributed by atoms with van der Waals surface area (Å²) in [4.78, 5) is 75.9. The lowest BCUT2D eigenvalue weighted by atomic mass is 9.95. The molecule has 16 nitrogen and oxygen atoms in total. The Balaban J connectivity index is 0.00000261. The van der Waals surface area contributed by atoms with Gasteiger partial charge in [-0.25, -0.2) is 0 Å². The highest BCUT2D eigenvalue weighted by molar-refractivity contribution is 7.85. The van der Waals surface area contributed by atoms with Crippen molar-refractivity contribution in [2.45, 2.75) is 156 Å². The molecule has 18 heteroatoms. The lowest BCUT2D eigenvalue weighted by Gasteiger charge is -2.31. The molecule has 7 atom stereocenters. The van der Waals surface area contributed by atoms with E-state index in [2.05, 4.69) is 26.6 Å². The van der Waals surface area contributed by atoms with Crippen LogP contribution in [0.1, 0.15) is 114 Å². The fraction of sp³-hybridized carbons (Fsp3) is 0.707. The first-order valence-electron chi connectivity index (χ1n) is 20.2. The van der Waals surface area contributed by atoms with E-state index in [1.54, 1.807) is 58.0 Å². The predicted octanol–water partition coefficient (Wildman–Crippen LogP) is 2.95. The van der Waals surface area contributed by atoms with Crippen LogP contribution in [0.5, 0.6) is 0 Å². The van der Waals surface area contributed by atoms with Crippen LogP contribution in [0.4, 0.5) is 3.89 Å². The second kappa shape index (κ2) is 26.8. The van der Waals surface area contributed by atoms with Crippen LogP contribution in [0.25, 0.3) is 0 Å². The standard InChI is InChI=1S/C34H63N5O9.C7H7FO2S/c1-17(2)12-23(37-33(47)31(21(9)10)39-34(48)30(20(7)8)38-27(42)14-19(5)6)25(40)15-28(43)35-22(11)32(46)36-24(13-18(3)4)26(41)16-29(44)45;8-11(9,10)6-7-4-2-1-3-5-7/h17-26,30-31,40-41H,12-16H2,1-11H3,(H,35,43)(H,36,46)(H,37,47)(H,38,42)(H,39,48)(H,44,45);1-5H,6H2/t22-,23-,24-,25-,26-,30-,31-;/m0./s1. The van der Waals surface area contributed by atoms with Gasteiger partial charge in [-0.15, -0.1) is 3.89 Å². The zero-order chi connectivity index (χ0) is 45.8. The number of nitrogens with one attached hydrogen (secondary N) is 5. The Bertz CT molecular complexity index is 1590. The van der Waals surface area contributed by atoms with E-state index < -0.39 is 101 Å². The Morgan fingerprint density at radius 1 is 0.576 bits per heavy atom. The Morgan fingerprint density at radius 2 is 1.00 bits per heavy atom. The molecular formula is C41H70FN5O11S. The smallest absolute Gasteiger partial charge is 0.306 e. The number of aliphatic carboxylic acids is 1. The predicted molar refractivity (Wildman–Crippen MR) is 222 cm³/mol. The summed E-state index contributed by atoms with van der Waals surface area (Å²) in [6.45, 7) is 19.8. The summed E-state index contributed by atoms with van der Waals surface area (Å²) in [5, 5.41) is 43.9. The van der Waals surface area contributed by atoms with Crippen molar-refractivity contribution < 1.29 is 56.4 Å². The number of carbonyl (C=O) groups is 6. The molecule has 0 radical (unpaired) electrons. The summed E-state index contributed by atoms with van der Waals surface area (Å²) >= 11 is 0. The van der Waals surface area contributed by atoms with Gasteiger partial charge in [0.2, 0.25) is 29.5 Å². The van der Waals surface area contributed by atoms with Crippen molar-refractivity contribution in [2.75, 3.05) is 0 Å². The van der Waals surface area contributed by atoms with Gasteiger partial charge in [-0.1, -0.05) is 99.6 Å². The molecule has 1 rings (SSSR count). The second-order valence-corrected chi connectivity index (χ2v) is 18.4. The van der Waals surface area contributed by atoms with Crippen molar-refractivity contribution in [1.29, 1.82) is 0 Å². The zero-order valence-electron chi connectivity index (χ0n) is 36.5. The first-order valence-corrected chi connectivity index (χ1v) is 21.7. The lowest BCUT2D eigenvalue weighted by Crippen LogP contribution is -2.59. The van der Waals surface area contributed by atoms with Gasteiger partial charge in [0.1, 0.15) is 23.9 Å². The van der Waals surface area contributed by atoms with Crippen molar-refractivity contribution in [1.82, 2.24) is 26.6 Å². The molecule has 0 saturated heterocycles. The molecule has 0 aliphatic carbocycles. The molecule has 0 fully saturated rings. The minimum Gasteiger partial charge on any atom is -0.481 e. The fourth-order valence-electron chi connectivity index (χ4n) is 5.93. The summed E-state index contributed by atoms with van der Waals surface area (Å²) in [5.74, 6) is -4.78. The summed E-state index contributed by atoms with van der Waals surface area (Å²) in [5.41, 5.74) is 0.468. The number of aliphatic hydroxyl groups is 2. The number of halogens is 1. The Morgan fingerprint density at radius 3 is 1.42 bits per heavy atom. The van der Waals surface area contributed by atoms with Crippen LogP contribution >= 0.6 is 0 Å². The van der Waals surface area contributed by atoms with Gasteiger partial charge in [-0.2, -0.15) is 8.42 Å². The molecule has 1 aromatic rings. The third kappa shape index (κ3) is 24.5. The summed E-state index contributed by atoms with van der Waals surface area (Å²) in [6, 6.07) is 3.60. The van der Waals surface area contributed by atoms with Gasteiger partial charge in [0.15, 0.2) is 0 Å². The van der Waals surface area contributed by atoms with Crippen LogP contribution in [-0.2, 0) is 44.7 Å². The van der Waals surface area contributed by atoms with Crippen LogP contribution in [0.15, 0.2) is 30.3 Å². The molecule has 0 aliphatic heterocycles. The summed E-state index contributed by atoms with van der Waals surface area (Å²) in [6.07, 6.45) is -2.76. The van der Waals surface area contributed by atoms with E-state index in [-0.39, 0.29) is 41.9 Å². The van der Waals surface area contributed by atoms with Crippen molar-refractivity contribution >= 4 is 45.7 Å². The van der Waals surface area contributed by atoms with Gasteiger partial charge >= 0.3 is 16.2 Å². The molecule has 5 amide bonds. The van der Waals surface area contributed by atoms with E-state index in [0.29, 0.717) is 18.4 Å². The molecule has 0 saturated carbocycles. The largest absolute Gasteiger partial charge is 0.481 e. The first-order chi connectivity index (χ1) is 27.1. The highest BCUT2D eigenvalue weighted by Crippen LogP contribution is 2.15. The second-order valence-electron chi connectivity index (χ2n) is 17.0. The van der Waals surface area contributed by atoms with Crippen molar-refractivity contribution in [3.8, 4) is 0 Å². The number of hydrogen-bond acceptors (Lipinski definition) is 10. The number of benzene rings is 1. The van der Waals surface area contributed by atoms with Gasteiger partial charge in [0, 0.05) is 6.42 Å². The lowest BCUT2D eigenvalue weighted by molar-refractivity contribution is -0.140. The molecule has 0 spiro atoms. The van der Waals surface area contributed by atoms with E-state index in [1.807, 2.05) is 41.5 Å². The molecule has 0 aliphatic rings. The van der Waals surface area contributed by atoms with Gasteiger partial charge in [0.25, 0.3) is 0 Å². The minimum absolute atomic E-state index is 0.0152. The summed E-state index contributed by atoms with van der Waals surface area (Å²) in [7, 11) is -4.38. The molecule has 0 aromatic heterocycles. The maximum absolute atomic E-state index is 13.5. The number of amides is 5. The average molecular weight is 860 g/mol. The molecule has 8 N–H and O–H groups in total. The number of carbonyl (C=O) groups excluding carboxylic acids is 5. The highest BCUT2D eigenvalue weighted by Gasteiger charge is 2.34. The van der Waals surface area contributed by atoms with E-state index in [1.165, 1.54) is 6.92 Å². The normalized spacial score (nSPS) is 15.2. The maximum atomic E-state index is 13.5. The zero-order valence-corrected chi connectivity index (χ0v) is 37.3. The van der Waals surface area contributed by atoms with Crippen molar-refractivity contribution in [2.24, 2.45) is 29.6 Å². The van der Waals surface area contributed by atoms with Gasteiger partial charge in [-0.3, -0.25) is 28.8 Å². The SMILES string of the molecule is CC(C)CC(=O)N[C@H](C(=O)N[C@H](C(=O)N[C@@H](CC(C)C)[C@@H](O)CC(=O)N[C@@H](C)C(=O)N[C@@H](CC(C)C)[C@@H](O)CC(=O)O)C(C)C)C(C)C.O=S(=O)(F)Cc1ccccc1. The van der Waals surface area contributed by atoms with Crippen LogP contribution in [-0.4, -0.2) is 102 Å². The fourth-order valence-corrected chi connectivity index (χ4v) is 6.52. The third-order valence-electron chi connectivity index (χ3n) is 8.87. The van der Waals surface area contributed by atoms with E-state index in [9.17, 15) is 51.3 Å². The van der Waals surface area contributed by atoms with Crippen LogP contribution in [0.2, 0.25) is 0 Å². The van der Waals surface area contributed by atoms with Crippen LogP contribution < -0.4 is 26.6 Å². The van der Waals surface area contributed by atoms with Crippen molar-refractivity contribution in [3.05, 3.63) is 35.9 Å². The molecule has 338 valence electrons. The Kier molecular flexibility index (Phi) is 24.9. The average Bonchev–Trinajstić information content (AvgIpc) is 3.07. The van der Waals surface area contributed by atoms with E-state index in [0.717, 1.165) is 0 Å². The minimum atomic E-state index is -4.38. The van der Waals surface area contributed by atoms with Crippen LogP contribution in [0, 0.1) is 29.6 Å². The van der Waals surface area contributed by atoms with E-state index in [4.69, 9.17) is 5.11 Å². The number of hydrogen-bond donors (Lipinski definition) is 8. The monoisotopic (exact) mass is 859 g/mol. The van der Waals surface area contributed by atoms with Gasteiger partial charge in [-0.05, 0) is 54.9 Å². The molecular weight excluding hydrogens is 790 g/mol. The molecule has 0 unspecified atom stereocenters. The summed E-state index contributed by atoms with van der Waals surface area (Å²) < 4.78 is 32.3. The molecule has 59 heavy (non-hydrogen) atoms. The van der Waals surface area contributed by atoms with Crippen LogP contribution in [0.3, 0.4) is 0 Å². The Hall–Kier alpha value is -4.16. The highest BCUT2D eigenvalue weighted by atomic mass is 32.3. The first kappa shape index (κ1) is 54.8. The van der Waals surface area contributed by atoms with E-state index >= 15 is 0 Å². The number of aliphatic hydroxyl groups excluding tert-OH is 2. The topological polar surface area (TPSA) is 257 Å². The molecule has 1 aromatic carbocycles. The van der Waals surface area contributed by atoms with Gasteiger partial charge < -0.3 is 41.9 Å². The quantitative estimate of drug-likeness (QED) is 0.0702. The van der Waals surface area contributed by atoms with Crippen molar-refractivity contribution in [3.63, 3.8) is 0 Å². The number of carboxylic acid groups (broad SMARTS) is 1. The third-order valence-corrected chi connectivity index (χ3v) is 9.55. The molecule has 0 bridgehead atoms. The number of carboxylic acids is 1. The Labute approximate surface area is 349 Å². The molecule has 0 heterocycles. The van der Waals surface area contributed by atoms with Gasteiger partial charge in [0.05, 0.1) is 37.1 Å². The number of rotatable bonds is 24.